The summed E-state index contributed by atoms with van der Waals surface area (Å²) in [7, 11) is 0. The molecule has 1 fully saturated rings. The van der Waals surface area contributed by atoms with E-state index in [1.54, 1.807) is 18.4 Å². The first-order valence-electron chi connectivity index (χ1n) is 5.91. The van der Waals surface area contributed by atoms with Crippen molar-refractivity contribution in [3.05, 3.63) is 35.4 Å². The van der Waals surface area contributed by atoms with Gasteiger partial charge in [-0.05, 0) is 37.8 Å². The van der Waals surface area contributed by atoms with Gasteiger partial charge in [-0.15, -0.1) is 0 Å². The van der Waals surface area contributed by atoms with Gasteiger partial charge in [0, 0.05) is 23.7 Å². The normalized spacial score (nSPS) is 24.1. The van der Waals surface area contributed by atoms with Crippen LogP contribution in [-0.2, 0) is 0 Å². The first-order chi connectivity index (χ1) is 7.86. The van der Waals surface area contributed by atoms with Gasteiger partial charge in [0.1, 0.15) is 0 Å². The molecule has 16 heavy (non-hydrogen) atoms. The Hall–Kier alpha value is -1.51. The van der Waals surface area contributed by atoms with Crippen LogP contribution in [0, 0.1) is 5.92 Å². The number of carbonyl (C=O) groups excluding carboxylic acids is 1. The average Bonchev–Trinajstić information content (AvgIpc) is 2.98. The summed E-state index contributed by atoms with van der Waals surface area (Å²) < 4.78 is 5.19. The van der Waals surface area contributed by atoms with Gasteiger partial charge in [0.05, 0.1) is 6.26 Å². The predicted octanol–water partition coefficient (Wildman–Crippen LogP) is 2.51. The van der Waals surface area contributed by atoms with Crippen molar-refractivity contribution in [1.29, 1.82) is 0 Å². The topological polar surface area (TPSA) is 42.2 Å². The molecule has 1 saturated heterocycles. The minimum atomic E-state index is 0.0686. The van der Waals surface area contributed by atoms with Gasteiger partial charge in [-0.2, -0.15) is 0 Å². The first kappa shape index (κ1) is 9.70. The second-order valence-corrected chi connectivity index (χ2v) is 4.50. The fourth-order valence-electron chi connectivity index (χ4n) is 2.76. The summed E-state index contributed by atoms with van der Waals surface area (Å²) in [5.41, 5.74) is 2.14. The van der Waals surface area contributed by atoms with Gasteiger partial charge in [-0.1, -0.05) is 0 Å². The third kappa shape index (κ3) is 1.47. The van der Waals surface area contributed by atoms with Crippen molar-refractivity contribution in [2.24, 2.45) is 5.92 Å². The molecule has 0 saturated carbocycles. The van der Waals surface area contributed by atoms with Crippen LogP contribution in [0.15, 0.2) is 34.1 Å². The molecular formula is C13H15NO2. The molecule has 3 rings (SSSR count). The lowest BCUT2D eigenvalue weighted by atomic mass is 9.85. The molecular weight excluding hydrogens is 202 g/mol. The fourth-order valence-corrected chi connectivity index (χ4v) is 2.76. The Balaban J connectivity index is 1.96. The Morgan fingerprint density at radius 3 is 3.19 bits per heavy atom. The number of ketones is 1. The summed E-state index contributed by atoms with van der Waals surface area (Å²) >= 11 is 0. The van der Waals surface area contributed by atoms with Crippen LogP contribution in [0.5, 0.6) is 0 Å². The number of hydrogen-bond acceptors (Lipinski definition) is 3. The van der Waals surface area contributed by atoms with Crippen LogP contribution in [-0.4, -0.2) is 12.3 Å². The van der Waals surface area contributed by atoms with Crippen molar-refractivity contribution in [1.82, 2.24) is 5.32 Å². The highest BCUT2D eigenvalue weighted by Crippen LogP contribution is 2.35. The highest BCUT2D eigenvalue weighted by molar-refractivity contribution is 6.07. The maximum Gasteiger partial charge on any atom is 0.225 e. The van der Waals surface area contributed by atoms with Crippen molar-refractivity contribution in [3.63, 3.8) is 0 Å². The quantitative estimate of drug-likeness (QED) is 0.774. The molecule has 1 aliphatic carbocycles. The smallest absolute Gasteiger partial charge is 0.225 e. The van der Waals surface area contributed by atoms with E-state index in [0.717, 1.165) is 25.0 Å². The fraction of sp³-hybridized carbons (Fsp3) is 0.462. The Labute approximate surface area is 94.5 Å². The zero-order valence-corrected chi connectivity index (χ0v) is 9.16. The molecule has 0 spiro atoms. The van der Waals surface area contributed by atoms with E-state index < -0.39 is 0 Å². The van der Waals surface area contributed by atoms with Crippen molar-refractivity contribution >= 4 is 5.78 Å². The van der Waals surface area contributed by atoms with E-state index in [-0.39, 0.29) is 5.78 Å². The summed E-state index contributed by atoms with van der Waals surface area (Å²) in [6.07, 6.45) is 5.96. The molecule has 3 heteroatoms. The van der Waals surface area contributed by atoms with E-state index in [2.05, 4.69) is 5.32 Å². The van der Waals surface area contributed by atoms with Gasteiger partial charge < -0.3 is 9.73 Å². The Morgan fingerprint density at radius 1 is 1.44 bits per heavy atom. The van der Waals surface area contributed by atoms with Gasteiger partial charge in [0.2, 0.25) is 5.78 Å². The number of nitrogens with one attached hydrogen (secondary N) is 1. The van der Waals surface area contributed by atoms with Crippen LogP contribution in [0.4, 0.5) is 0 Å². The summed E-state index contributed by atoms with van der Waals surface area (Å²) in [6.45, 7) is 1.01. The molecule has 0 radical (unpaired) electrons. The number of allylic oxidation sites excluding steroid dienone is 2. The lowest BCUT2D eigenvalue weighted by molar-refractivity contribution is 0.0995. The van der Waals surface area contributed by atoms with Crippen LogP contribution >= 0.6 is 0 Å². The molecule has 1 unspecified atom stereocenters. The summed E-state index contributed by atoms with van der Waals surface area (Å²) in [5, 5.41) is 3.37. The largest absolute Gasteiger partial charge is 0.461 e. The Morgan fingerprint density at radius 2 is 2.38 bits per heavy atom. The number of rotatable bonds is 2. The second kappa shape index (κ2) is 3.81. The van der Waals surface area contributed by atoms with E-state index >= 15 is 0 Å². The number of fused-ring (bicyclic) bond motifs is 1. The van der Waals surface area contributed by atoms with Gasteiger partial charge in [-0.3, -0.25) is 4.79 Å². The van der Waals surface area contributed by atoms with E-state index in [9.17, 15) is 4.79 Å². The SMILES string of the molecule is O=C(C1=C2NCCC2CCC1)c1ccco1. The van der Waals surface area contributed by atoms with E-state index in [4.69, 9.17) is 4.42 Å². The second-order valence-electron chi connectivity index (χ2n) is 4.50. The molecule has 1 aromatic rings. The average molecular weight is 217 g/mol. The predicted molar refractivity (Wildman–Crippen MR) is 60.0 cm³/mol. The molecule has 1 atom stereocenters. The molecule has 1 aliphatic heterocycles. The lowest BCUT2D eigenvalue weighted by Gasteiger charge is -2.21. The zero-order chi connectivity index (χ0) is 11.0. The van der Waals surface area contributed by atoms with Gasteiger partial charge in [0.25, 0.3) is 0 Å². The minimum absolute atomic E-state index is 0.0686. The number of Topliss-reactive ketones (excluding diaryl/α,β-unsaturated/α-hetero) is 1. The van der Waals surface area contributed by atoms with Gasteiger partial charge in [-0.25, -0.2) is 0 Å². The highest BCUT2D eigenvalue weighted by Gasteiger charge is 2.31. The summed E-state index contributed by atoms with van der Waals surface area (Å²) in [4.78, 5) is 12.2. The van der Waals surface area contributed by atoms with Crippen LogP contribution in [0.3, 0.4) is 0 Å². The van der Waals surface area contributed by atoms with Crippen LogP contribution in [0.1, 0.15) is 36.2 Å². The van der Waals surface area contributed by atoms with Crippen LogP contribution in [0.25, 0.3) is 0 Å². The third-order valence-electron chi connectivity index (χ3n) is 3.54. The monoisotopic (exact) mass is 217 g/mol. The summed E-state index contributed by atoms with van der Waals surface area (Å²) in [6, 6.07) is 3.51. The van der Waals surface area contributed by atoms with Gasteiger partial charge >= 0.3 is 0 Å². The molecule has 0 aromatic carbocycles. The molecule has 0 amide bonds. The highest BCUT2D eigenvalue weighted by atomic mass is 16.3. The minimum Gasteiger partial charge on any atom is -0.461 e. The molecule has 84 valence electrons. The first-order valence-corrected chi connectivity index (χ1v) is 5.91. The van der Waals surface area contributed by atoms with E-state index in [0.29, 0.717) is 11.7 Å². The Kier molecular flexibility index (Phi) is 2.31. The van der Waals surface area contributed by atoms with Crippen molar-refractivity contribution in [3.8, 4) is 0 Å². The van der Waals surface area contributed by atoms with E-state index in [1.807, 2.05) is 0 Å². The Bertz CT molecular complexity index is 431. The van der Waals surface area contributed by atoms with Gasteiger partial charge in [0.15, 0.2) is 5.76 Å². The molecule has 1 aromatic heterocycles. The van der Waals surface area contributed by atoms with E-state index in [1.165, 1.54) is 18.5 Å². The maximum atomic E-state index is 12.2. The number of hydrogen-bond donors (Lipinski definition) is 1. The number of carbonyl (C=O) groups is 1. The van der Waals surface area contributed by atoms with Crippen molar-refractivity contribution in [2.45, 2.75) is 25.7 Å². The molecule has 2 aliphatic rings. The molecule has 1 N–H and O–H groups in total. The summed E-state index contributed by atoms with van der Waals surface area (Å²) in [5.74, 6) is 1.12. The molecule has 3 nitrogen and oxygen atoms in total. The van der Waals surface area contributed by atoms with Crippen LogP contribution in [0.2, 0.25) is 0 Å². The maximum absolute atomic E-state index is 12.2. The number of furan rings is 1. The molecule has 0 bridgehead atoms. The van der Waals surface area contributed by atoms with Crippen molar-refractivity contribution < 1.29 is 9.21 Å². The third-order valence-corrected chi connectivity index (χ3v) is 3.54. The standard InChI is InChI=1S/C13H15NO2/c15-13(11-5-2-8-16-11)10-4-1-3-9-6-7-14-12(9)10/h2,5,8-9,14H,1,3-4,6-7H2. The van der Waals surface area contributed by atoms with Crippen molar-refractivity contribution in [2.75, 3.05) is 6.54 Å². The zero-order valence-electron chi connectivity index (χ0n) is 9.16. The van der Waals surface area contributed by atoms with Crippen LogP contribution < -0.4 is 5.32 Å². The molecule has 2 heterocycles. The lowest BCUT2D eigenvalue weighted by Crippen LogP contribution is -2.19.